The van der Waals surface area contributed by atoms with E-state index in [0.717, 1.165) is 25.8 Å². The smallest absolute Gasteiger partial charge is 0.258 e. The second-order valence-electron chi connectivity index (χ2n) is 11.6. The number of nitrogen functional groups attached to an aromatic ring is 1. The lowest BCUT2D eigenvalue weighted by Gasteiger charge is -2.39. The number of likely N-dealkylation sites (N-methyl/N-ethyl adjacent to an activating group) is 2. The van der Waals surface area contributed by atoms with Crippen LogP contribution in [0.2, 0.25) is 0 Å². The van der Waals surface area contributed by atoms with Crippen LogP contribution in [0.5, 0.6) is 0 Å². The number of likely N-dealkylation sites (tertiary alicyclic amines) is 1. The van der Waals surface area contributed by atoms with Crippen molar-refractivity contribution in [2.24, 2.45) is 11.3 Å². The second-order valence-corrected chi connectivity index (χ2v) is 12.8. The van der Waals surface area contributed by atoms with Crippen LogP contribution < -0.4 is 15.8 Å². The lowest BCUT2D eigenvalue weighted by Crippen LogP contribution is -2.59. The number of carbonyl (C=O) groups is 3. The number of benzene rings is 1. The van der Waals surface area contributed by atoms with Crippen LogP contribution in [0, 0.1) is 11.3 Å². The molecule has 1 aliphatic rings. The van der Waals surface area contributed by atoms with Gasteiger partial charge in [0.05, 0.1) is 17.0 Å². The Morgan fingerprint density at radius 2 is 1.76 bits per heavy atom. The highest BCUT2D eigenvalue weighted by atomic mass is 32.2. The van der Waals surface area contributed by atoms with Crippen molar-refractivity contribution in [2.45, 2.75) is 83.8 Å². The van der Waals surface area contributed by atoms with Gasteiger partial charge in [-0.3, -0.25) is 24.0 Å². The fourth-order valence-electron chi connectivity index (χ4n) is 4.54. The third kappa shape index (κ3) is 8.39. The first-order valence-electron chi connectivity index (χ1n) is 13.2. The van der Waals surface area contributed by atoms with Gasteiger partial charge in [-0.15, -0.1) is 0 Å². The van der Waals surface area contributed by atoms with Gasteiger partial charge in [-0.25, -0.2) is 4.21 Å². The predicted molar refractivity (Wildman–Crippen MR) is 152 cm³/mol. The second kappa shape index (κ2) is 13.4. The topological polar surface area (TPSA) is 125 Å². The largest absolute Gasteiger partial charge is 0.399 e. The van der Waals surface area contributed by atoms with Gasteiger partial charge in [0, 0.05) is 18.3 Å². The first-order valence-corrected chi connectivity index (χ1v) is 14.3. The van der Waals surface area contributed by atoms with Gasteiger partial charge in [0.1, 0.15) is 6.04 Å². The van der Waals surface area contributed by atoms with E-state index in [4.69, 9.17) is 5.73 Å². The van der Waals surface area contributed by atoms with Gasteiger partial charge in [0.25, 0.3) is 5.91 Å². The van der Waals surface area contributed by atoms with Crippen molar-refractivity contribution in [1.82, 2.24) is 19.8 Å². The molecule has 3 amide bonds. The number of nitrogens with two attached hydrogens (primary N) is 1. The van der Waals surface area contributed by atoms with Gasteiger partial charge >= 0.3 is 0 Å². The quantitative estimate of drug-likeness (QED) is 0.323. The summed E-state index contributed by atoms with van der Waals surface area (Å²) in [6.07, 6.45) is 4.54. The number of rotatable bonds is 9. The first kappa shape index (κ1) is 31.5. The van der Waals surface area contributed by atoms with Crippen LogP contribution in [-0.4, -0.2) is 70.5 Å². The van der Waals surface area contributed by atoms with Crippen LogP contribution >= 0.6 is 0 Å². The number of nitrogens with zero attached hydrogens (tertiary/aromatic N) is 2. The van der Waals surface area contributed by atoms with Gasteiger partial charge in [0.2, 0.25) is 11.8 Å². The molecule has 0 radical (unpaired) electrons. The fraction of sp³-hybridized carbons (Fsp3) is 0.607. The maximum atomic E-state index is 13.8. The van der Waals surface area contributed by atoms with Gasteiger partial charge < -0.3 is 16.0 Å². The molecule has 1 aliphatic heterocycles. The first-order chi connectivity index (χ1) is 17.6. The zero-order valence-corrected chi connectivity index (χ0v) is 24.9. The molecule has 4 N–H and O–H groups in total. The molecule has 0 aliphatic carbocycles. The van der Waals surface area contributed by atoms with E-state index in [1.165, 1.54) is 0 Å². The summed E-state index contributed by atoms with van der Waals surface area (Å²) in [6.45, 7) is 12.2. The Morgan fingerprint density at radius 1 is 1.16 bits per heavy atom. The number of carbonyl (C=O) groups excluding carboxylic acids is 3. The summed E-state index contributed by atoms with van der Waals surface area (Å²) in [5.41, 5.74) is 6.03. The Hall–Kier alpha value is -2.72. The summed E-state index contributed by atoms with van der Waals surface area (Å²) >= 11 is 0. The molecule has 38 heavy (non-hydrogen) atoms. The molecule has 4 atom stereocenters. The van der Waals surface area contributed by atoms with E-state index in [2.05, 4.69) is 10.0 Å². The lowest BCUT2D eigenvalue weighted by atomic mass is 9.84. The number of hydrogen-bond acceptors (Lipinski definition) is 6. The highest BCUT2D eigenvalue weighted by Crippen LogP contribution is 2.25. The molecular formula is C28H45N5O4S. The number of piperidine rings is 1. The summed E-state index contributed by atoms with van der Waals surface area (Å²) in [7, 11) is 1.89. The van der Waals surface area contributed by atoms with E-state index in [-0.39, 0.29) is 23.8 Å². The number of amides is 3. The Kier molecular flexibility index (Phi) is 11.1. The average molecular weight is 548 g/mol. The minimum Gasteiger partial charge on any atom is -0.399 e. The molecule has 1 fully saturated rings. The summed E-state index contributed by atoms with van der Waals surface area (Å²) < 4.78 is 15.1. The van der Waals surface area contributed by atoms with Crippen LogP contribution in [-0.2, 0) is 25.4 Å². The third-order valence-corrected chi connectivity index (χ3v) is 8.08. The Labute approximate surface area is 230 Å². The molecule has 0 saturated carbocycles. The molecule has 2 rings (SSSR count). The maximum Gasteiger partial charge on any atom is 0.258 e. The minimum absolute atomic E-state index is 0.0184. The summed E-state index contributed by atoms with van der Waals surface area (Å²) in [5, 5.41) is 3.03. The van der Waals surface area contributed by atoms with E-state index in [1.54, 1.807) is 49.2 Å². The Balaban J connectivity index is 2.20. The van der Waals surface area contributed by atoms with E-state index < -0.39 is 34.4 Å². The van der Waals surface area contributed by atoms with Gasteiger partial charge in [-0.2, -0.15) is 0 Å². The molecule has 10 heteroatoms. The highest BCUT2D eigenvalue weighted by Gasteiger charge is 2.39. The molecule has 0 spiro atoms. The van der Waals surface area contributed by atoms with Crippen LogP contribution in [0.3, 0.4) is 0 Å². The normalized spacial score (nSPS) is 19.4. The minimum atomic E-state index is -1.75. The lowest BCUT2D eigenvalue weighted by molar-refractivity contribution is -0.141. The van der Waals surface area contributed by atoms with Crippen molar-refractivity contribution < 1.29 is 18.6 Å². The number of hydrogen-bond donors (Lipinski definition) is 3. The van der Waals surface area contributed by atoms with Crippen molar-refractivity contribution in [3.05, 3.63) is 35.9 Å². The fourth-order valence-corrected chi connectivity index (χ4v) is 5.37. The van der Waals surface area contributed by atoms with Crippen LogP contribution in [0.15, 0.2) is 40.8 Å². The molecule has 0 bridgehead atoms. The van der Waals surface area contributed by atoms with Gasteiger partial charge in [-0.05, 0) is 69.0 Å². The predicted octanol–water partition coefficient (Wildman–Crippen LogP) is 2.85. The standard InChI is InChI=1S/C28H45N5O4S/c1-18(2)23(17-19(3)25(34)31-38(37)21-14-12-20(29)13-15-21)33(8)27(36)24(28(4,5)6)30-26(35)22-11-9-10-16-32(22)7/h12-15,17-18,22-24H,9-11,16,29H2,1-8H3,(H,30,35)(H,31,34)/b19-17+/t22-,23-,24-,38?/m1/s1. The Morgan fingerprint density at radius 3 is 2.29 bits per heavy atom. The molecule has 1 saturated heterocycles. The molecule has 9 nitrogen and oxygen atoms in total. The van der Waals surface area contributed by atoms with Crippen LogP contribution in [0.1, 0.15) is 60.8 Å². The van der Waals surface area contributed by atoms with E-state index in [0.29, 0.717) is 16.2 Å². The maximum absolute atomic E-state index is 13.8. The molecule has 1 aromatic carbocycles. The summed E-state index contributed by atoms with van der Waals surface area (Å²) in [6, 6.07) is 5.03. The summed E-state index contributed by atoms with van der Waals surface area (Å²) in [5.74, 6) is -0.869. The monoisotopic (exact) mass is 547 g/mol. The number of anilines is 1. The van der Waals surface area contributed by atoms with Crippen molar-refractivity contribution in [3.63, 3.8) is 0 Å². The molecule has 1 aromatic rings. The van der Waals surface area contributed by atoms with Gasteiger partial charge in [0.15, 0.2) is 11.0 Å². The molecule has 0 aromatic heterocycles. The molecule has 1 heterocycles. The molecule has 1 unspecified atom stereocenters. The zero-order chi connectivity index (χ0) is 28.8. The van der Waals surface area contributed by atoms with Crippen molar-refractivity contribution in [3.8, 4) is 0 Å². The SMILES string of the molecule is C/C(=C\[C@H](C(C)C)N(C)C(=O)[C@@H](NC(=O)[C@H]1CCCCN1C)C(C)(C)C)C(=O)NS(=O)c1ccc(N)cc1. The van der Waals surface area contributed by atoms with Crippen molar-refractivity contribution >= 4 is 34.4 Å². The van der Waals surface area contributed by atoms with E-state index >= 15 is 0 Å². The van der Waals surface area contributed by atoms with Crippen LogP contribution in [0.25, 0.3) is 0 Å². The zero-order valence-electron chi connectivity index (χ0n) is 24.0. The van der Waals surface area contributed by atoms with E-state index in [1.807, 2.05) is 46.6 Å². The van der Waals surface area contributed by atoms with Crippen molar-refractivity contribution in [2.75, 3.05) is 26.4 Å². The Bertz CT molecular complexity index is 1050. The third-order valence-electron chi connectivity index (χ3n) is 7.01. The van der Waals surface area contributed by atoms with Gasteiger partial charge in [-0.1, -0.05) is 47.1 Å². The van der Waals surface area contributed by atoms with E-state index in [9.17, 15) is 18.6 Å². The highest BCUT2D eigenvalue weighted by molar-refractivity contribution is 7.83. The molecular weight excluding hydrogens is 502 g/mol. The van der Waals surface area contributed by atoms with Crippen LogP contribution in [0.4, 0.5) is 5.69 Å². The average Bonchev–Trinajstić information content (AvgIpc) is 2.84. The van der Waals surface area contributed by atoms with Crippen molar-refractivity contribution in [1.29, 1.82) is 0 Å². The molecule has 212 valence electrons. The number of nitrogens with one attached hydrogen (secondary N) is 2. The summed E-state index contributed by atoms with van der Waals surface area (Å²) in [4.78, 5) is 43.9.